The van der Waals surface area contributed by atoms with Crippen LogP contribution < -0.4 is 10.6 Å². The fourth-order valence-electron chi connectivity index (χ4n) is 4.30. The van der Waals surface area contributed by atoms with Gasteiger partial charge >= 0.3 is 6.18 Å². The summed E-state index contributed by atoms with van der Waals surface area (Å²) in [6, 6.07) is 6.15. The summed E-state index contributed by atoms with van der Waals surface area (Å²) in [5, 5.41) is 5.96. The molecule has 1 saturated heterocycles. The number of ether oxygens (including phenoxy) is 1. The molecule has 2 aromatic rings. The maximum atomic E-state index is 13.3. The molecule has 10 heteroatoms. The number of aromatic nitrogens is 2. The van der Waals surface area contributed by atoms with Crippen LogP contribution in [0.1, 0.15) is 29.5 Å². The lowest BCUT2D eigenvalue weighted by molar-refractivity contribution is -0.137. The zero-order valence-corrected chi connectivity index (χ0v) is 18.5. The van der Waals surface area contributed by atoms with Crippen molar-refractivity contribution >= 4 is 17.5 Å². The minimum atomic E-state index is -4.49. The quantitative estimate of drug-likeness (QED) is 0.653. The van der Waals surface area contributed by atoms with Crippen LogP contribution in [-0.4, -0.2) is 71.7 Å². The summed E-state index contributed by atoms with van der Waals surface area (Å²) < 4.78 is 45.3. The van der Waals surface area contributed by atoms with Gasteiger partial charge in [-0.1, -0.05) is 6.07 Å². The van der Waals surface area contributed by atoms with Crippen molar-refractivity contribution in [2.45, 2.75) is 38.0 Å². The monoisotopic (exact) mass is 462 g/mol. The highest BCUT2D eigenvalue weighted by atomic mass is 19.4. The third kappa shape index (κ3) is 5.74. The van der Waals surface area contributed by atoms with Crippen molar-refractivity contribution in [1.29, 1.82) is 0 Å². The van der Waals surface area contributed by atoms with E-state index >= 15 is 0 Å². The lowest BCUT2D eigenvalue weighted by Crippen LogP contribution is -2.42. The van der Waals surface area contributed by atoms with Gasteiger partial charge in [-0.05, 0) is 42.5 Å². The lowest BCUT2D eigenvalue weighted by Gasteiger charge is -2.32. The van der Waals surface area contributed by atoms with E-state index in [1.54, 1.807) is 0 Å². The van der Waals surface area contributed by atoms with Gasteiger partial charge in [-0.3, -0.25) is 9.80 Å². The molecule has 2 fully saturated rings. The molecule has 2 aliphatic heterocycles. The van der Waals surface area contributed by atoms with Crippen LogP contribution >= 0.6 is 0 Å². The number of anilines is 3. The van der Waals surface area contributed by atoms with Crippen LogP contribution in [0, 0.1) is 0 Å². The molecule has 0 atom stereocenters. The normalized spacial score (nSPS) is 19.8. The van der Waals surface area contributed by atoms with Crippen LogP contribution in [0.2, 0.25) is 0 Å². The molecule has 178 valence electrons. The van der Waals surface area contributed by atoms with Crippen LogP contribution in [0.25, 0.3) is 0 Å². The van der Waals surface area contributed by atoms with Crippen LogP contribution in [0.15, 0.2) is 24.4 Å². The highest BCUT2D eigenvalue weighted by Crippen LogP contribution is 2.36. The van der Waals surface area contributed by atoms with Crippen LogP contribution in [0.5, 0.6) is 0 Å². The molecule has 7 nitrogen and oxygen atoms in total. The average molecular weight is 463 g/mol. The van der Waals surface area contributed by atoms with Crippen molar-refractivity contribution in [3.05, 3.63) is 41.1 Å². The van der Waals surface area contributed by atoms with Crippen molar-refractivity contribution in [1.82, 2.24) is 19.8 Å². The van der Waals surface area contributed by atoms with Gasteiger partial charge in [0.25, 0.3) is 0 Å². The number of hydrogen-bond donors (Lipinski definition) is 2. The van der Waals surface area contributed by atoms with Gasteiger partial charge in [-0.25, -0.2) is 4.98 Å². The summed E-state index contributed by atoms with van der Waals surface area (Å²) in [5.41, 5.74) is 2.50. The summed E-state index contributed by atoms with van der Waals surface area (Å²) in [4.78, 5) is 13.0. The Bertz CT molecular complexity index is 975. The molecule has 0 spiro atoms. The maximum absolute atomic E-state index is 13.3. The van der Waals surface area contributed by atoms with E-state index in [-0.39, 0.29) is 17.8 Å². The first-order valence-electron chi connectivity index (χ1n) is 11.6. The van der Waals surface area contributed by atoms with Crippen molar-refractivity contribution in [2.24, 2.45) is 0 Å². The fraction of sp³-hybridized carbons (Fsp3) is 0.565. The van der Waals surface area contributed by atoms with E-state index < -0.39 is 11.7 Å². The van der Waals surface area contributed by atoms with Gasteiger partial charge in [-0.15, -0.1) is 0 Å². The first-order valence-corrected chi connectivity index (χ1v) is 11.6. The molecule has 1 aromatic heterocycles. The first kappa shape index (κ1) is 22.4. The number of rotatable bonds is 7. The molecule has 0 amide bonds. The summed E-state index contributed by atoms with van der Waals surface area (Å²) >= 11 is 0. The number of benzene rings is 1. The third-order valence-electron chi connectivity index (χ3n) is 6.40. The first-order chi connectivity index (χ1) is 15.9. The van der Waals surface area contributed by atoms with E-state index in [9.17, 15) is 13.2 Å². The maximum Gasteiger partial charge on any atom is 0.421 e. The molecule has 33 heavy (non-hydrogen) atoms. The minimum Gasteiger partial charge on any atom is -0.379 e. The van der Waals surface area contributed by atoms with Crippen molar-refractivity contribution in [3.63, 3.8) is 0 Å². The Hall–Kier alpha value is -2.43. The molecule has 5 rings (SSSR count). The van der Waals surface area contributed by atoms with Crippen molar-refractivity contribution in [3.8, 4) is 0 Å². The second-order valence-corrected chi connectivity index (χ2v) is 8.96. The summed E-state index contributed by atoms with van der Waals surface area (Å²) in [7, 11) is 0. The van der Waals surface area contributed by atoms with Gasteiger partial charge in [-0.2, -0.15) is 18.2 Å². The standard InChI is InChI=1S/C23H29F3N6O/c24-23(25,26)20-14-27-22(30-21(20)28-18-3-4-18)29-19-2-1-17-15-32(6-5-16(17)13-19)8-7-31-9-11-33-12-10-31/h1-2,13-14,18H,3-12,15H2,(H2,27,28,29,30). The smallest absolute Gasteiger partial charge is 0.379 e. The SMILES string of the molecule is FC(F)(F)c1cnc(Nc2ccc3c(c2)CCN(CCN2CCOCC2)C3)nc1NC1CC1. The molecule has 0 unspecified atom stereocenters. The Morgan fingerprint density at radius 1 is 1.03 bits per heavy atom. The van der Waals surface area contributed by atoms with Crippen molar-refractivity contribution in [2.75, 3.05) is 56.6 Å². The second-order valence-electron chi connectivity index (χ2n) is 8.96. The van der Waals surface area contributed by atoms with E-state index in [2.05, 4.69) is 42.5 Å². The van der Waals surface area contributed by atoms with Gasteiger partial charge < -0.3 is 15.4 Å². The molecule has 1 aromatic carbocycles. The zero-order chi connectivity index (χ0) is 22.8. The van der Waals surface area contributed by atoms with Crippen molar-refractivity contribution < 1.29 is 17.9 Å². The molecule has 3 heterocycles. The molecule has 0 bridgehead atoms. The number of alkyl halides is 3. The molecule has 1 saturated carbocycles. The molecule has 3 aliphatic rings. The van der Waals surface area contributed by atoms with E-state index in [0.29, 0.717) is 0 Å². The zero-order valence-electron chi connectivity index (χ0n) is 18.5. The van der Waals surface area contributed by atoms with Gasteiger partial charge in [0, 0.05) is 57.2 Å². The number of nitrogens with one attached hydrogen (secondary N) is 2. The lowest BCUT2D eigenvalue weighted by atomic mass is 9.99. The third-order valence-corrected chi connectivity index (χ3v) is 6.40. The summed E-state index contributed by atoms with van der Waals surface area (Å²) in [6.07, 6.45) is -0.979. The molecule has 1 aliphatic carbocycles. The molecule has 2 N–H and O–H groups in total. The fourth-order valence-corrected chi connectivity index (χ4v) is 4.30. The van der Waals surface area contributed by atoms with E-state index in [4.69, 9.17) is 4.74 Å². The van der Waals surface area contributed by atoms with E-state index in [1.807, 2.05) is 6.07 Å². The van der Waals surface area contributed by atoms with Crippen LogP contribution in [0.3, 0.4) is 0 Å². The highest BCUT2D eigenvalue weighted by molar-refractivity contribution is 5.59. The number of nitrogens with zero attached hydrogens (tertiary/aromatic N) is 4. The Kier molecular flexibility index (Phi) is 6.40. The molecule has 0 radical (unpaired) electrons. The molecular weight excluding hydrogens is 433 g/mol. The highest BCUT2D eigenvalue weighted by Gasteiger charge is 2.37. The predicted molar refractivity (Wildman–Crippen MR) is 120 cm³/mol. The number of halogens is 3. The molecular formula is C23H29F3N6O. The Morgan fingerprint density at radius 2 is 1.82 bits per heavy atom. The van der Waals surface area contributed by atoms with E-state index in [1.165, 1.54) is 11.1 Å². The minimum absolute atomic E-state index is 0.0591. The number of morpholine rings is 1. The Balaban J connectivity index is 1.23. The van der Waals surface area contributed by atoms with Gasteiger partial charge in [0.05, 0.1) is 13.2 Å². The predicted octanol–water partition coefficient (Wildman–Crippen LogP) is 3.50. The summed E-state index contributed by atoms with van der Waals surface area (Å²) in [5.74, 6) is 0.00502. The van der Waals surface area contributed by atoms with Gasteiger partial charge in [0.15, 0.2) is 0 Å². The van der Waals surface area contributed by atoms with Crippen LogP contribution in [0.4, 0.5) is 30.6 Å². The Labute approximate surface area is 191 Å². The van der Waals surface area contributed by atoms with Gasteiger partial charge in [0.1, 0.15) is 11.4 Å². The van der Waals surface area contributed by atoms with E-state index in [0.717, 1.165) is 83.6 Å². The summed E-state index contributed by atoms with van der Waals surface area (Å²) in [6.45, 7) is 7.64. The van der Waals surface area contributed by atoms with Crippen LogP contribution in [-0.2, 0) is 23.9 Å². The second kappa shape index (κ2) is 9.44. The van der Waals surface area contributed by atoms with Gasteiger partial charge in [0.2, 0.25) is 5.95 Å². The topological polar surface area (TPSA) is 65.6 Å². The number of fused-ring (bicyclic) bond motifs is 1. The number of hydrogen-bond acceptors (Lipinski definition) is 7. The largest absolute Gasteiger partial charge is 0.421 e. The average Bonchev–Trinajstić information content (AvgIpc) is 3.62. The Morgan fingerprint density at radius 3 is 2.58 bits per heavy atom.